The molecule has 1 saturated heterocycles. The molecule has 34 heavy (non-hydrogen) atoms. The van der Waals surface area contributed by atoms with Gasteiger partial charge < -0.3 is 14.8 Å². The molecular formula is C25H26N5O3S+. The zero-order chi connectivity index (χ0) is 23.9. The lowest BCUT2D eigenvalue weighted by molar-refractivity contribution is -0.134. The second-order valence-electron chi connectivity index (χ2n) is 8.58. The molecule has 1 aliphatic heterocycles. The van der Waals surface area contributed by atoms with Crippen molar-refractivity contribution in [3.05, 3.63) is 60.4 Å². The molecule has 3 heterocycles. The Kier molecular flexibility index (Phi) is 5.75. The van der Waals surface area contributed by atoms with E-state index in [9.17, 15) is 9.59 Å². The van der Waals surface area contributed by atoms with Crippen molar-refractivity contribution in [1.82, 2.24) is 19.2 Å². The summed E-state index contributed by atoms with van der Waals surface area (Å²) < 4.78 is 7.40. The van der Waals surface area contributed by atoms with Crippen molar-refractivity contribution in [2.75, 3.05) is 12.3 Å². The van der Waals surface area contributed by atoms with Crippen LogP contribution < -0.4 is 10.2 Å². The molecule has 174 valence electrons. The largest absolute Gasteiger partial charge is 0.364 e. The van der Waals surface area contributed by atoms with Gasteiger partial charge in [-0.2, -0.15) is 0 Å². The average molecular weight is 477 g/mol. The van der Waals surface area contributed by atoms with Crippen molar-refractivity contribution in [3.8, 4) is 11.3 Å². The highest BCUT2D eigenvalue weighted by atomic mass is 32.2. The molecule has 1 aliphatic rings. The van der Waals surface area contributed by atoms with E-state index in [0.717, 1.165) is 21.8 Å². The van der Waals surface area contributed by atoms with Crippen LogP contribution in [0.4, 0.5) is 5.69 Å². The van der Waals surface area contributed by atoms with Crippen LogP contribution in [0, 0.1) is 6.92 Å². The average Bonchev–Trinajstić information content (AvgIpc) is 3.54. The summed E-state index contributed by atoms with van der Waals surface area (Å²) in [6.45, 7) is 2.26. The fourth-order valence-electron chi connectivity index (χ4n) is 5.08. The first-order valence-corrected chi connectivity index (χ1v) is 12.2. The van der Waals surface area contributed by atoms with E-state index in [4.69, 9.17) is 10.3 Å². The van der Waals surface area contributed by atoms with Gasteiger partial charge in [0.1, 0.15) is 5.75 Å². The minimum Gasteiger partial charge on any atom is -0.364 e. The van der Waals surface area contributed by atoms with Crippen LogP contribution in [0.1, 0.15) is 18.6 Å². The summed E-state index contributed by atoms with van der Waals surface area (Å²) in [6.07, 6.45) is 1.24. The number of hydrogen-bond acceptors (Lipinski definition) is 6. The quantitative estimate of drug-likeness (QED) is 0.335. The fraction of sp³-hybridized carbons (Fsp3) is 0.280. The number of carbonyl (C=O) groups is 2. The third-order valence-electron chi connectivity index (χ3n) is 6.64. The van der Waals surface area contributed by atoms with Crippen molar-refractivity contribution in [1.29, 1.82) is 0 Å². The molecule has 4 aromatic rings. The highest BCUT2D eigenvalue weighted by Gasteiger charge is 2.56. The van der Waals surface area contributed by atoms with Crippen LogP contribution in [-0.4, -0.2) is 44.9 Å². The number of carbonyl (C=O) groups excluding carboxylic acids is 2. The minimum absolute atomic E-state index is 0.109. The first kappa shape index (κ1) is 22.4. The van der Waals surface area contributed by atoms with Crippen molar-refractivity contribution < 1.29 is 14.1 Å². The number of benzene rings is 2. The van der Waals surface area contributed by atoms with Gasteiger partial charge in [0.25, 0.3) is 5.91 Å². The van der Waals surface area contributed by atoms with Gasteiger partial charge in [0, 0.05) is 32.4 Å². The van der Waals surface area contributed by atoms with Crippen LogP contribution >= 0.6 is 11.8 Å². The summed E-state index contributed by atoms with van der Waals surface area (Å²) in [4.78, 5) is 31.3. The summed E-state index contributed by atoms with van der Waals surface area (Å²) in [5.74, 6) is 0.0629. The molecule has 2 aromatic heterocycles. The third-order valence-corrected chi connectivity index (χ3v) is 7.66. The zero-order valence-electron chi connectivity index (χ0n) is 19.1. The van der Waals surface area contributed by atoms with E-state index in [-0.39, 0.29) is 16.1 Å². The molecule has 2 N–H and O–H groups in total. The first-order chi connectivity index (χ1) is 16.4. The second-order valence-corrected chi connectivity index (χ2v) is 9.52. The van der Waals surface area contributed by atoms with Gasteiger partial charge in [-0.15, -0.1) is 0 Å². The number of aromatic nitrogens is 3. The van der Waals surface area contributed by atoms with E-state index in [1.165, 1.54) is 11.8 Å². The summed E-state index contributed by atoms with van der Waals surface area (Å²) in [7, 11) is 1.94. The molecule has 2 amide bonds. The van der Waals surface area contributed by atoms with Gasteiger partial charge in [0.2, 0.25) is 5.69 Å². The third kappa shape index (κ3) is 3.52. The summed E-state index contributed by atoms with van der Waals surface area (Å²) in [6, 6.07) is 16.8. The smallest absolute Gasteiger partial charge is 0.329 e. The maximum absolute atomic E-state index is 14.1. The van der Waals surface area contributed by atoms with Crippen molar-refractivity contribution in [3.63, 3.8) is 0 Å². The maximum atomic E-state index is 14.1. The molecule has 0 spiro atoms. The Morgan fingerprint density at radius 2 is 1.91 bits per heavy atom. The monoisotopic (exact) mass is 476 g/mol. The summed E-state index contributed by atoms with van der Waals surface area (Å²) >= 11 is 1.37. The molecule has 0 bridgehead atoms. The molecule has 0 saturated carbocycles. The van der Waals surface area contributed by atoms with E-state index in [0.29, 0.717) is 36.5 Å². The maximum Gasteiger partial charge on any atom is 0.329 e. The van der Waals surface area contributed by atoms with Crippen LogP contribution in [0.15, 0.2) is 64.3 Å². The number of aryl methyl sites for hydroxylation is 2. The molecular weight excluding hydrogens is 450 g/mol. The molecule has 1 fully saturated rings. The highest BCUT2D eigenvalue weighted by Crippen LogP contribution is 2.44. The number of fused-ring (bicyclic) bond motifs is 1. The van der Waals surface area contributed by atoms with Crippen LogP contribution in [0.3, 0.4) is 0 Å². The Bertz CT molecular complexity index is 1380. The van der Waals surface area contributed by atoms with E-state index >= 15 is 0 Å². The number of nitrogens with two attached hydrogens (primary N) is 1. The van der Waals surface area contributed by atoms with E-state index < -0.39 is 11.9 Å². The molecule has 2 atom stereocenters. The normalized spacial score (nSPS) is 20.1. The lowest BCUT2D eigenvalue weighted by Gasteiger charge is -2.35. The van der Waals surface area contributed by atoms with Gasteiger partial charge in [0.15, 0.2) is 22.7 Å². The van der Waals surface area contributed by atoms with Crippen LogP contribution in [0.2, 0.25) is 0 Å². The van der Waals surface area contributed by atoms with Gasteiger partial charge in [-0.05, 0) is 12.1 Å². The van der Waals surface area contributed by atoms with Crippen LogP contribution in [-0.2, 0) is 16.6 Å². The Morgan fingerprint density at radius 3 is 2.65 bits per heavy atom. The van der Waals surface area contributed by atoms with Crippen molar-refractivity contribution in [2.24, 2.45) is 12.8 Å². The van der Waals surface area contributed by atoms with Crippen molar-refractivity contribution >= 4 is 40.3 Å². The van der Waals surface area contributed by atoms with Gasteiger partial charge in [0.05, 0.1) is 17.6 Å². The Balaban J connectivity index is 1.56. The number of rotatable bonds is 6. The number of likely N-dealkylation sites (tertiary alicyclic amines) is 1. The number of hydrogen-bond donors (Lipinski definition) is 1. The number of nitrogens with zero attached hydrogens (tertiary/aromatic N) is 4. The molecule has 8 nitrogen and oxygen atoms in total. The lowest BCUT2D eigenvalue weighted by Crippen LogP contribution is -2.62. The lowest BCUT2D eigenvalue weighted by atomic mass is 10.1. The molecule has 0 radical (unpaired) electrons. The first-order valence-electron chi connectivity index (χ1n) is 11.2. The van der Waals surface area contributed by atoms with Crippen molar-refractivity contribution in [2.45, 2.75) is 31.0 Å². The van der Waals surface area contributed by atoms with E-state index in [2.05, 4.69) is 10.1 Å². The standard InChI is InChI=1S/C25H25N5O3S/c1-16-23(22(28-33-16)17-9-4-3-5-10-17)30(14-8-13-20(30)24(26)32)21(31)15-34-25-27-18-11-6-7-12-19(18)29(25)2/h3-7,9-12,20H,8,13-15H2,1-2H3,(H-,26,32)/p+1/t20-,30?/m0/s1. The molecule has 1 unspecified atom stereocenters. The molecule has 2 aromatic carbocycles. The predicted molar refractivity (Wildman–Crippen MR) is 132 cm³/mol. The van der Waals surface area contributed by atoms with Crippen LogP contribution in [0.25, 0.3) is 22.3 Å². The molecule has 5 rings (SSSR count). The number of thioether (sulfide) groups is 1. The highest BCUT2D eigenvalue weighted by molar-refractivity contribution is 7.99. The minimum atomic E-state index is -0.672. The summed E-state index contributed by atoms with van der Waals surface area (Å²) in [5.41, 5.74) is 9.77. The molecule has 0 aliphatic carbocycles. The Hall–Kier alpha value is -3.43. The van der Waals surface area contributed by atoms with E-state index in [1.807, 2.05) is 66.2 Å². The second kappa shape index (κ2) is 8.73. The SMILES string of the molecule is Cc1onc(-c2ccccc2)c1[N+]1(C(=O)CSc2nc3ccccc3n2C)CCC[C@H]1C(N)=O. The Labute approximate surface area is 201 Å². The molecule has 9 heteroatoms. The zero-order valence-corrected chi connectivity index (χ0v) is 19.9. The number of quaternary nitrogens is 1. The number of amides is 2. The van der Waals surface area contributed by atoms with Gasteiger partial charge in [-0.3, -0.25) is 4.79 Å². The number of para-hydroxylation sites is 2. The van der Waals surface area contributed by atoms with Gasteiger partial charge in [-0.25, -0.2) is 14.3 Å². The predicted octanol–water partition coefficient (Wildman–Crippen LogP) is 3.81. The summed E-state index contributed by atoms with van der Waals surface area (Å²) in [5, 5.41) is 5.04. The van der Waals surface area contributed by atoms with Crippen LogP contribution in [0.5, 0.6) is 0 Å². The topological polar surface area (TPSA) is 104 Å². The Morgan fingerprint density at radius 1 is 1.18 bits per heavy atom. The van der Waals surface area contributed by atoms with Gasteiger partial charge >= 0.3 is 5.91 Å². The fourth-order valence-corrected chi connectivity index (χ4v) is 6.02. The van der Waals surface area contributed by atoms with E-state index in [1.54, 1.807) is 6.92 Å². The number of imidazole rings is 1. The number of primary amides is 1. The van der Waals surface area contributed by atoms with Gasteiger partial charge in [-0.1, -0.05) is 59.4 Å².